The number of hydrogen-bond acceptors (Lipinski definition) is 3. The van der Waals surface area contributed by atoms with Crippen molar-refractivity contribution >= 4 is 108 Å². The highest BCUT2D eigenvalue weighted by molar-refractivity contribution is 7.25. The number of hydrogen-bond donors (Lipinski definition) is 0. The fourth-order valence-corrected chi connectivity index (χ4v) is 10.5. The summed E-state index contributed by atoms with van der Waals surface area (Å²) in [5.74, 6) is 0.815. The minimum Gasteiger partial charge on any atom is -0.309 e. The first-order chi connectivity index (χ1) is 28.3. The molecule has 0 saturated heterocycles. The lowest BCUT2D eigenvalue weighted by atomic mass is 10.0. The van der Waals surface area contributed by atoms with E-state index >= 15 is 0 Å². The zero-order valence-corrected chi connectivity index (χ0v) is 31.3. The summed E-state index contributed by atoms with van der Waals surface area (Å²) < 4.78 is 7.32. The van der Waals surface area contributed by atoms with Gasteiger partial charge in [0.25, 0.3) is 0 Å². The molecule has 0 radical (unpaired) electrons. The Labute approximate surface area is 330 Å². The number of fused-ring (bicyclic) bond motifs is 14. The normalized spacial score (nSPS) is 12.2. The summed E-state index contributed by atoms with van der Waals surface area (Å²) in [7, 11) is 0. The Morgan fingerprint density at radius 1 is 0.368 bits per heavy atom. The number of thiophene rings is 1. The average molecular weight is 743 g/mol. The molecule has 13 rings (SSSR count). The van der Waals surface area contributed by atoms with E-state index in [1.807, 2.05) is 23.5 Å². The van der Waals surface area contributed by atoms with Crippen LogP contribution in [-0.2, 0) is 0 Å². The van der Waals surface area contributed by atoms with Gasteiger partial charge in [0, 0.05) is 53.0 Å². The summed E-state index contributed by atoms with van der Waals surface area (Å²) in [6.07, 6.45) is 0. The number of aromatic nitrogens is 4. The second kappa shape index (κ2) is 11.6. The van der Waals surface area contributed by atoms with E-state index < -0.39 is 0 Å². The molecular formula is C52H30N4S. The number of benzene rings is 9. The molecule has 9 aromatic carbocycles. The Morgan fingerprint density at radius 2 is 0.947 bits per heavy atom. The molecule has 0 aliphatic rings. The van der Waals surface area contributed by atoms with E-state index in [1.165, 1.54) is 74.3 Å². The molecule has 0 atom stereocenters. The molecule has 57 heavy (non-hydrogen) atoms. The van der Waals surface area contributed by atoms with Crippen LogP contribution < -0.4 is 0 Å². The lowest BCUT2D eigenvalue weighted by Crippen LogP contribution is -2.04. The largest absolute Gasteiger partial charge is 0.309 e. The van der Waals surface area contributed by atoms with Gasteiger partial charge in [-0.25, -0.2) is 9.97 Å². The third-order valence-electron chi connectivity index (χ3n) is 11.9. The lowest BCUT2D eigenvalue weighted by Gasteiger charge is -2.15. The van der Waals surface area contributed by atoms with Gasteiger partial charge in [-0.1, -0.05) is 127 Å². The predicted molar refractivity (Wildman–Crippen MR) is 242 cm³/mol. The maximum atomic E-state index is 5.52. The monoisotopic (exact) mass is 742 g/mol. The van der Waals surface area contributed by atoms with E-state index in [1.54, 1.807) is 0 Å². The highest BCUT2D eigenvalue weighted by Gasteiger charge is 2.23. The van der Waals surface area contributed by atoms with Gasteiger partial charge < -0.3 is 4.57 Å². The van der Waals surface area contributed by atoms with Gasteiger partial charge in [-0.3, -0.25) is 4.57 Å². The Morgan fingerprint density at radius 3 is 1.72 bits per heavy atom. The maximum Gasteiger partial charge on any atom is 0.165 e. The Kier molecular flexibility index (Phi) is 6.29. The quantitative estimate of drug-likeness (QED) is 0.181. The van der Waals surface area contributed by atoms with E-state index in [2.05, 4.69) is 179 Å². The second-order valence-electron chi connectivity index (χ2n) is 14.9. The van der Waals surface area contributed by atoms with E-state index in [0.717, 1.165) is 44.8 Å². The molecule has 0 saturated carbocycles. The van der Waals surface area contributed by atoms with Crippen molar-refractivity contribution in [3.05, 3.63) is 182 Å². The minimum atomic E-state index is 0.815. The first-order valence-corrected chi connectivity index (χ1v) is 20.1. The molecule has 0 amide bonds. The molecule has 264 valence electrons. The van der Waals surface area contributed by atoms with Crippen molar-refractivity contribution in [1.82, 2.24) is 19.1 Å². The van der Waals surface area contributed by atoms with Gasteiger partial charge in [0.1, 0.15) is 5.69 Å². The van der Waals surface area contributed by atoms with Crippen LogP contribution in [0, 0.1) is 0 Å². The molecular weight excluding hydrogens is 713 g/mol. The Balaban J connectivity index is 1.16. The van der Waals surface area contributed by atoms with Gasteiger partial charge in [0.2, 0.25) is 0 Å². The van der Waals surface area contributed by atoms with Crippen LogP contribution in [0.25, 0.3) is 119 Å². The topological polar surface area (TPSA) is 35.6 Å². The van der Waals surface area contributed by atoms with Crippen LogP contribution in [0.5, 0.6) is 0 Å². The van der Waals surface area contributed by atoms with E-state index in [0.29, 0.717) is 0 Å². The average Bonchev–Trinajstić information content (AvgIpc) is 3.93. The number of rotatable bonds is 3. The van der Waals surface area contributed by atoms with Gasteiger partial charge in [0.05, 0.1) is 33.1 Å². The first kappa shape index (κ1) is 30.9. The molecule has 13 aromatic rings. The van der Waals surface area contributed by atoms with Gasteiger partial charge in [-0.2, -0.15) is 0 Å². The molecule has 4 heterocycles. The summed E-state index contributed by atoms with van der Waals surface area (Å²) in [6.45, 7) is 0. The fourth-order valence-electron chi connectivity index (χ4n) is 9.37. The zero-order valence-electron chi connectivity index (χ0n) is 30.5. The highest BCUT2D eigenvalue weighted by Crippen LogP contribution is 2.43. The van der Waals surface area contributed by atoms with Crippen molar-refractivity contribution in [3.8, 4) is 22.8 Å². The molecule has 0 aliphatic heterocycles. The molecule has 4 nitrogen and oxygen atoms in total. The first-order valence-electron chi connectivity index (χ1n) is 19.3. The Hall–Kier alpha value is -7.34. The summed E-state index contributed by atoms with van der Waals surface area (Å²) in [5, 5.41) is 12.4. The Bertz CT molecular complexity index is 3830. The summed E-state index contributed by atoms with van der Waals surface area (Å²) >= 11 is 1.83. The summed E-state index contributed by atoms with van der Waals surface area (Å²) in [6, 6.07) is 65.9. The standard InChI is InChI=1S/C52H30N4S/c1-3-13-35-31(11-1)22-27-44-49(35)39-16-5-9-19-43(39)55(44)34-24-26-40-46(30-34)56(45-28-23-32-12-2-4-14-36(32)50(40)45)52-51(53-41-17-7-8-18-42(41)54-52)33-21-25-38-37-15-6-10-20-47(37)57-48(38)29-33/h1-30H. The van der Waals surface area contributed by atoms with Crippen molar-refractivity contribution in [3.63, 3.8) is 0 Å². The smallest absolute Gasteiger partial charge is 0.165 e. The molecule has 0 spiro atoms. The van der Waals surface area contributed by atoms with Gasteiger partial charge in [0.15, 0.2) is 5.82 Å². The van der Waals surface area contributed by atoms with Crippen molar-refractivity contribution in [2.75, 3.05) is 0 Å². The third kappa shape index (κ3) is 4.37. The zero-order chi connectivity index (χ0) is 37.2. The molecule has 5 heteroatoms. The second-order valence-corrected chi connectivity index (χ2v) is 16.0. The molecule has 4 aromatic heterocycles. The van der Waals surface area contributed by atoms with Crippen molar-refractivity contribution < 1.29 is 0 Å². The minimum absolute atomic E-state index is 0.815. The molecule has 0 fully saturated rings. The maximum absolute atomic E-state index is 5.52. The van der Waals surface area contributed by atoms with Crippen LogP contribution in [0.4, 0.5) is 0 Å². The van der Waals surface area contributed by atoms with Crippen LogP contribution in [0.1, 0.15) is 0 Å². The van der Waals surface area contributed by atoms with Crippen LogP contribution in [0.15, 0.2) is 182 Å². The van der Waals surface area contributed by atoms with Gasteiger partial charge in [-0.15, -0.1) is 11.3 Å². The van der Waals surface area contributed by atoms with E-state index in [-0.39, 0.29) is 0 Å². The highest BCUT2D eigenvalue weighted by atomic mass is 32.1. The molecule has 0 N–H and O–H groups in total. The van der Waals surface area contributed by atoms with Crippen LogP contribution in [0.2, 0.25) is 0 Å². The molecule has 0 unspecified atom stereocenters. The van der Waals surface area contributed by atoms with E-state index in [9.17, 15) is 0 Å². The SMILES string of the molecule is c1ccc2c(c1)ccc1c2c2ccccc2n1-c1ccc2c3c4ccccc4ccc3n(-c3nc4ccccc4nc3-c3ccc4c(c3)sc3ccccc34)c2c1. The van der Waals surface area contributed by atoms with Crippen LogP contribution in [0.3, 0.4) is 0 Å². The van der Waals surface area contributed by atoms with E-state index in [4.69, 9.17) is 9.97 Å². The fraction of sp³-hybridized carbons (Fsp3) is 0. The third-order valence-corrected chi connectivity index (χ3v) is 13.0. The van der Waals surface area contributed by atoms with Gasteiger partial charge >= 0.3 is 0 Å². The predicted octanol–water partition coefficient (Wildman–Crippen LogP) is 14.2. The summed E-state index contributed by atoms with van der Waals surface area (Å²) in [4.78, 5) is 11.0. The summed E-state index contributed by atoms with van der Waals surface area (Å²) in [5.41, 5.74) is 9.28. The number of para-hydroxylation sites is 3. The van der Waals surface area contributed by atoms with Crippen LogP contribution in [-0.4, -0.2) is 19.1 Å². The molecule has 0 bridgehead atoms. The van der Waals surface area contributed by atoms with Gasteiger partial charge in [-0.05, 0) is 76.1 Å². The molecule has 0 aliphatic carbocycles. The lowest BCUT2D eigenvalue weighted by molar-refractivity contribution is 1.08. The van der Waals surface area contributed by atoms with Crippen molar-refractivity contribution in [2.45, 2.75) is 0 Å². The van der Waals surface area contributed by atoms with Crippen molar-refractivity contribution in [2.24, 2.45) is 0 Å². The number of nitrogens with zero attached hydrogens (tertiary/aromatic N) is 4. The van der Waals surface area contributed by atoms with Crippen molar-refractivity contribution in [1.29, 1.82) is 0 Å². The van der Waals surface area contributed by atoms with Crippen LogP contribution >= 0.6 is 11.3 Å².